The van der Waals surface area contributed by atoms with Gasteiger partial charge in [0.2, 0.25) is 20.0 Å². The number of aromatic nitrogens is 1. The van der Waals surface area contributed by atoms with Crippen molar-refractivity contribution < 1.29 is 21.6 Å². The van der Waals surface area contributed by atoms with Gasteiger partial charge in [0.25, 0.3) is 5.91 Å². The predicted molar refractivity (Wildman–Crippen MR) is 146 cm³/mol. The number of hydrogen-bond donors (Lipinski definition) is 1. The monoisotopic (exact) mass is 556 g/mol. The Morgan fingerprint density at radius 2 is 1.61 bits per heavy atom. The maximum Gasteiger partial charge on any atom is 0.255 e. The van der Waals surface area contributed by atoms with Crippen molar-refractivity contribution >= 4 is 31.6 Å². The number of anilines is 1. The molecule has 9 nitrogen and oxygen atoms in total. The average molecular weight is 557 g/mol. The molecule has 0 spiro atoms. The summed E-state index contributed by atoms with van der Waals surface area (Å²) in [6.07, 6.45) is 5.84. The molecule has 1 atom stereocenters. The van der Waals surface area contributed by atoms with E-state index in [0.29, 0.717) is 25.3 Å². The molecular weight excluding hydrogens is 524 g/mol. The van der Waals surface area contributed by atoms with Gasteiger partial charge < -0.3 is 5.32 Å². The van der Waals surface area contributed by atoms with Crippen LogP contribution in [0.15, 0.2) is 82.8 Å². The summed E-state index contributed by atoms with van der Waals surface area (Å²) in [4.78, 5) is 17.2. The highest BCUT2D eigenvalue weighted by Crippen LogP contribution is 2.35. The van der Waals surface area contributed by atoms with Crippen LogP contribution in [0.3, 0.4) is 0 Å². The van der Waals surface area contributed by atoms with Crippen molar-refractivity contribution in [3.05, 3.63) is 84.2 Å². The lowest BCUT2D eigenvalue weighted by Gasteiger charge is -2.34. The summed E-state index contributed by atoms with van der Waals surface area (Å²) in [6, 6.07) is 15.2. The highest BCUT2D eigenvalue weighted by atomic mass is 32.2. The molecule has 0 radical (unpaired) electrons. The largest absolute Gasteiger partial charge is 0.322 e. The van der Waals surface area contributed by atoms with Crippen LogP contribution in [-0.2, 0) is 20.0 Å². The van der Waals surface area contributed by atoms with Gasteiger partial charge in [-0.25, -0.2) is 16.8 Å². The van der Waals surface area contributed by atoms with E-state index in [1.54, 1.807) is 38.4 Å². The van der Waals surface area contributed by atoms with Crippen LogP contribution < -0.4 is 5.32 Å². The third-order valence-corrected chi connectivity index (χ3v) is 10.7. The highest BCUT2D eigenvalue weighted by Gasteiger charge is 2.34. The van der Waals surface area contributed by atoms with Crippen LogP contribution in [0.1, 0.15) is 55.1 Å². The van der Waals surface area contributed by atoms with Crippen LogP contribution in [0.2, 0.25) is 0 Å². The molecule has 1 aliphatic heterocycles. The van der Waals surface area contributed by atoms with Gasteiger partial charge in [-0.05, 0) is 73.0 Å². The summed E-state index contributed by atoms with van der Waals surface area (Å²) in [7, 11) is -7.37. The van der Waals surface area contributed by atoms with E-state index in [1.165, 1.54) is 45.0 Å². The number of pyridine rings is 1. The quantitative estimate of drug-likeness (QED) is 0.421. The van der Waals surface area contributed by atoms with Gasteiger partial charge in [0.15, 0.2) is 0 Å². The van der Waals surface area contributed by atoms with E-state index in [9.17, 15) is 21.6 Å². The third-order valence-electron chi connectivity index (χ3n) is 6.70. The zero-order valence-corrected chi connectivity index (χ0v) is 23.1. The Hall–Kier alpha value is -3.12. The first-order valence-electron chi connectivity index (χ1n) is 12.6. The van der Waals surface area contributed by atoms with Gasteiger partial charge in [0.05, 0.1) is 15.8 Å². The molecule has 1 aliphatic rings. The Morgan fingerprint density at radius 3 is 2.21 bits per heavy atom. The van der Waals surface area contributed by atoms with E-state index in [-0.39, 0.29) is 21.4 Å². The molecule has 2 aromatic carbocycles. The third kappa shape index (κ3) is 5.80. The standard InChI is InChI=1S/C27H32N4O5S2/c1-3-30(4-2)37(33,34)24-14-10-21(11-15-24)27(32)29-23-12-16-25(17-13-23)38(35,36)31-19-6-5-9-26(31)22-8-7-18-28-20-22/h7-8,10-18,20,26H,3-6,9,19H2,1-2H3,(H,29,32)/t26-/m0/s1. The number of piperidine rings is 1. The van der Waals surface area contributed by atoms with Crippen LogP contribution in [0.4, 0.5) is 5.69 Å². The fourth-order valence-corrected chi connectivity index (χ4v) is 7.78. The molecule has 1 N–H and O–H groups in total. The van der Waals surface area contributed by atoms with Crippen LogP contribution >= 0.6 is 0 Å². The van der Waals surface area contributed by atoms with Gasteiger partial charge >= 0.3 is 0 Å². The second-order valence-corrected chi connectivity index (χ2v) is 12.8. The van der Waals surface area contributed by atoms with Gasteiger partial charge in [-0.2, -0.15) is 8.61 Å². The minimum absolute atomic E-state index is 0.120. The Morgan fingerprint density at radius 1 is 0.947 bits per heavy atom. The van der Waals surface area contributed by atoms with Gasteiger partial charge in [-0.15, -0.1) is 0 Å². The normalized spacial score (nSPS) is 16.9. The highest BCUT2D eigenvalue weighted by molar-refractivity contribution is 7.89. The van der Waals surface area contributed by atoms with Crippen molar-refractivity contribution in [2.45, 2.75) is 48.9 Å². The van der Waals surface area contributed by atoms with Crippen molar-refractivity contribution in [3.63, 3.8) is 0 Å². The van der Waals surface area contributed by atoms with Crippen LogP contribution in [0.25, 0.3) is 0 Å². The molecule has 0 unspecified atom stereocenters. The number of rotatable bonds is 9. The minimum atomic E-state index is -3.76. The summed E-state index contributed by atoms with van der Waals surface area (Å²) < 4.78 is 55.2. The van der Waals surface area contributed by atoms with Gasteiger partial charge in [-0.3, -0.25) is 9.78 Å². The fourth-order valence-electron chi connectivity index (χ4n) is 4.64. The molecule has 1 aromatic heterocycles. The molecule has 1 amide bonds. The van der Waals surface area contributed by atoms with Crippen molar-refractivity contribution in [1.29, 1.82) is 0 Å². The molecule has 1 fully saturated rings. The van der Waals surface area contributed by atoms with E-state index < -0.39 is 26.0 Å². The molecule has 3 aromatic rings. The molecule has 11 heteroatoms. The number of carbonyl (C=O) groups is 1. The van der Waals surface area contributed by atoms with Crippen molar-refractivity contribution in [2.24, 2.45) is 0 Å². The second-order valence-electron chi connectivity index (χ2n) is 9.01. The first kappa shape index (κ1) is 27.9. The average Bonchev–Trinajstić information content (AvgIpc) is 2.94. The van der Waals surface area contributed by atoms with E-state index in [2.05, 4.69) is 10.3 Å². The molecular formula is C27H32N4O5S2. The van der Waals surface area contributed by atoms with E-state index in [0.717, 1.165) is 24.8 Å². The zero-order chi connectivity index (χ0) is 27.3. The summed E-state index contributed by atoms with van der Waals surface area (Å²) in [6.45, 7) is 4.68. The van der Waals surface area contributed by atoms with Crippen LogP contribution in [0.5, 0.6) is 0 Å². The smallest absolute Gasteiger partial charge is 0.255 e. The molecule has 202 valence electrons. The van der Waals surface area contributed by atoms with Crippen molar-refractivity contribution in [1.82, 2.24) is 13.6 Å². The maximum atomic E-state index is 13.5. The van der Waals surface area contributed by atoms with Crippen LogP contribution in [-0.4, -0.2) is 56.0 Å². The fraction of sp³-hybridized carbons (Fsp3) is 0.333. The predicted octanol–water partition coefficient (Wildman–Crippen LogP) is 4.28. The summed E-state index contributed by atoms with van der Waals surface area (Å²) in [5.74, 6) is -0.430. The second kappa shape index (κ2) is 11.7. The molecule has 0 bridgehead atoms. The topological polar surface area (TPSA) is 117 Å². The van der Waals surface area contributed by atoms with Crippen LogP contribution in [0, 0.1) is 0 Å². The Kier molecular flexibility index (Phi) is 8.61. The lowest BCUT2D eigenvalue weighted by Crippen LogP contribution is -2.38. The molecule has 0 aliphatic carbocycles. The van der Waals surface area contributed by atoms with Crippen molar-refractivity contribution in [2.75, 3.05) is 25.0 Å². The van der Waals surface area contributed by atoms with Gasteiger partial charge in [0, 0.05) is 43.3 Å². The number of benzene rings is 2. The Labute approximate surface area is 224 Å². The number of sulfonamides is 2. The van der Waals surface area contributed by atoms with Gasteiger partial charge in [0.1, 0.15) is 0 Å². The Balaban J connectivity index is 1.47. The summed E-state index contributed by atoms with van der Waals surface area (Å²) in [5.41, 5.74) is 1.58. The van der Waals surface area contributed by atoms with Gasteiger partial charge in [-0.1, -0.05) is 26.3 Å². The Bertz CT molecular complexity index is 1460. The molecule has 38 heavy (non-hydrogen) atoms. The maximum absolute atomic E-state index is 13.5. The number of carbonyl (C=O) groups excluding carboxylic acids is 1. The number of nitrogens with zero attached hydrogens (tertiary/aromatic N) is 3. The zero-order valence-electron chi connectivity index (χ0n) is 21.4. The first-order chi connectivity index (χ1) is 18.2. The molecule has 0 saturated carbocycles. The number of amides is 1. The molecule has 4 rings (SSSR count). The summed E-state index contributed by atoms with van der Waals surface area (Å²) >= 11 is 0. The number of nitrogens with one attached hydrogen (secondary N) is 1. The first-order valence-corrected chi connectivity index (χ1v) is 15.5. The van der Waals surface area contributed by atoms with E-state index in [1.807, 2.05) is 12.1 Å². The lowest BCUT2D eigenvalue weighted by atomic mass is 9.99. The molecule has 1 saturated heterocycles. The lowest BCUT2D eigenvalue weighted by molar-refractivity contribution is 0.102. The van der Waals surface area contributed by atoms with Crippen molar-refractivity contribution in [3.8, 4) is 0 Å². The van der Waals surface area contributed by atoms with E-state index >= 15 is 0 Å². The number of hydrogen-bond acceptors (Lipinski definition) is 6. The SMILES string of the molecule is CCN(CC)S(=O)(=O)c1ccc(C(=O)Nc2ccc(S(=O)(=O)N3CCCC[C@H]3c3cccnc3)cc2)cc1. The molecule has 2 heterocycles. The van der Waals surface area contributed by atoms with E-state index in [4.69, 9.17) is 0 Å². The minimum Gasteiger partial charge on any atom is -0.322 e. The summed E-state index contributed by atoms with van der Waals surface area (Å²) in [5, 5.41) is 2.74.